The molecule has 0 bridgehead atoms. The van der Waals surface area contributed by atoms with Crippen molar-refractivity contribution in [2.24, 2.45) is 0 Å². The van der Waals surface area contributed by atoms with Crippen LogP contribution in [0.4, 0.5) is 5.69 Å². The second kappa shape index (κ2) is 10.6. The molecule has 0 saturated carbocycles. The van der Waals surface area contributed by atoms with Crippen molar-refractivity contribution in [3.05, 3.63) is 83.4 Å². The first-order valence-corrected chi connectivity index (χ1v) is 11.6. The van der Waals surface area contributed by atoms with Crippen molar-refractivity contribution in [3.63, 3.8) is 0 Å². The van der Waals surface area contributed by atoms with Gasteiger partial charge in [-0.05, 0) is 78.1 Å². The van der Waals surface area contributed by atoms with Gasteiger partial charge in [0.1, 0.15) is 12.4 Å². The average Bonchev–Trinajstić information content (AvgIpc) is 2.87. The Hall–Kier alpha value is -3.25. The number of benzene rings is 3. The second-order valence-electron chi connectivity index (χ2n) is 7.97. The van der Waals surface area contributed by atoms with Gasteiger partial charge in [-0.3, -0.25) is 0 Å². The van der Waals surface area contributed by atoms with Crippen LogP contribution < -0.4 is 19.5 Å². The maximum Gasteiger partial charge on any atom is 0.174 e. The van der Waals surface area contributed by atoms with Gasteiger partial charge in [0.25, 0.3) is 0 Å². The van der Waals surface area contributed by atoms with E-state index in [1.54, 1.807) is 14.2 Å². The Bertz CT molecular complexity index is 1090. The fraction of sp³-hybridized carbons (Fsp3) is 0.296. The lowest BCUT2D eigenvalue weighted by molar-refractivity contribution is 0.190. The summed E-state index contributed by atoms with van der Waals surface area (Å²) in [6.45, 7) is 3.39. The fourth-order valence-corrected chi connectivity index (χ4v) is 4.50. The molecule has 0 saturated heterocycles. The summed E-state index contributed by atoms with van der Waals surface area (Å²) >= 11 is 5.84. The SMILES string of the molecule is CCc1ccc(OC[C@@H]2c3cc(OC)c(OC)cc3CCN2C(=S)Nc2ccccc2)cc1. The van der Waals surface area contributed by atoms with Crippen LogP contribution in [0.1, 0.15) is 29.7 Å². The van der Waals surface area contributed by atoms with E-state index >= 15 is 0 Å². The highest BCUT2D eigenvalue weighted by molar-refractivity contribution is 7.80. The summed E-state index contributed by atoms with van der Waals surface area (Å²) in [7, 11) is 3.33. The maximum absolute atomic E-state index is 6.26. The molecule has 172 valence electrons. The summed E-state index contributed by atoms with van der Waals surface area (Å²) in [6, 6.07) is 22.3. The predicted octanol–water partition coefficient (Wildman–Crippen LogP) is 5.64. The van der Waals surface area contributed by atoms with E-state index in [0.717, 1.165) is 42.1 Å². The van der Waals surface area contributed by atoms with Gasteiger partial charge in [0.05, 0.1) is 20.3 Å². The van der Waals surface area contributed by atoms with Crippen molar-refractivity contribution in [2.75, 3.05) is 32.7 Å². The number of rotatable bonds is 7. The number of hydrogen-bond donors (Lipinski definition) is 1. The number of fused-ring (bicyclic) bond motifs is 1. The highest BCUT2D eigenvalue weighted by Crippen LogP contribution is 2.38. The molecule has 3 aromatic rings. The Labute approximate surface area is 201 Å². The molecule has 1 aliphatic heterocycles. The number of hydrogen-bond acceptors (Lipinski definition) is 4. The minimum absolute atomic E-state index is 0.0666. The molecule has 6 heteroatoms. The minimum Gasteiger partial charge on any atom is -0.493 e. The van der Waals surface area contributed by atoms with Crippen molar-refractivity contribution in [3.8, 4) is 17.2 Å². The van der Waals surface area contributed by atoms with E-state index in [0.29, 0.717) is 17.5 Å². The van der Waals surface area contributed by atoms with Crippen LogP contribution >= 0.6 is 12.2 Å². The standard InChI is InChI=1S/C27H30N2O3S/c1-4-19-10-12-22(13-11-19)32-18-24-23-17-26(31-3)25(30-2)16-20(23)14-15-29(24)27(33)28-21-8-6-5-7-9-21/h5-13,16-17,24H,4,14-15,18H2,1-3H3,(H,28,33)/t24-/m1/s1. The van der Waals surface area contributed by atoms with Crippen LogP contribution in [0.15, 0.2) is 66.7 Å². The van der Waals surface area contributed by atoms with Gasteiger partial charge in [-0.15, -0.1) is 0 Å². The first-order chi connectivity index (χ1) is 16.1. The summed E-state index contributed by atoms with van der Waals surface area (Å²) in [5.41, 5.74) is 4.62. The third-order valence-electron chi connectivity index (χ3n) is 6.03. The Balaban J connectivity index is 1.63. The topological polar surface area (TPSA) is 43.0 Å². The van der Waals surface area contributed by atoms with Gasteiger partial charge >= 0.3 is 0 Å². The van der Waals surface area contributed by atoms with Crippen molar-refractivity contribution < 1.29 is 14.2 Å². The molecule has 0 aliphatic carbocycles. The highest BCUT2D eigenvalue weighted by atomic mass is 32.1. The number of anilines is 1. The molecule has 0 amide bonds. The summed E-state index contributed by atoms with van der Waals surface area (Å²) < 4.78 is 17.4. The number of ether oxygens (including phenoxy) is 3. The molecule has 3 aromatic carbocycles. The number of para-hydroxylation sites is 1. The van der Waals surface area contributed by atoms with Gasteiger partial charge in [-0.2, -0.15) is 0 Å². The van der Waals surface area contributed by atoms with E-state index in [4.69, 9.17) is 26.4 Å². The molecule has 4 rings (SSSR count). The zero-order valence-corrected chi connectivity index (χ0v) is 20.2. The zero-order chi connectivity index (χ0) is 23.2. The molecule has 33 heavy (non-hydrogen) atoms. The van der Waals surface area contributed by atoms with Crippen LogP contribution in [0.3, 0.4) is 0 Å². The molecule has 0 radical (unpaired) electrons. The fourth-order valence-electron chi connectivity index (χ4n) is 4.16. The van der Waals surface area contributed by atoms with Crippen LogP contribution in [0, 0.1) is 0 Å². The highest BCUT2D eigenvalue weighted by Gasteiger charge is 2.31. The first-order valence-electron chi connectivity index (χ1n) is 11.2. The zero-order valence-electron chi connectivity index (χ0n) is 19.3. The molecular formula is C27H30N2O3S. The number of nitrogens with one attached hydrogen (secondary N) is 1. The summed E-state index contributed by atoms with van der Waals surface area (Å²) in [5.74, 6) is 2.29. The Morgan fingerprint density at radius 1 is 1.00 bits per heavy atom. The maximum atomic E-state index is 6.26. The van der Waals surface area contributed by atoms with E-state index in [1.165, 1.54) is 11.1 Å². The van der Waals surface area contributed by atoms with E-state index < -0.39 is 0 Å². The monoisotopic (exact) mass is 462 g/mol. The molecule has 1 N–H and O–H groups in total. The first kappa shape index (κ1) is 22.9. The van der Waals surface area contributed by atoms with E-state index in [1.807, 2.05) is 42.5 Å². The molecule has 0 aromatic heterocycles. The summed E-state index contributed by atoms with van der Waals surface area (Å²) in [4.78, 5) is 2.21. The van der Waals surface area contributed by atoms with Gasteiger partial charge < -0.3 is 24.4 Å². The average molecular weight is 463 g/mol. The van der Waals surface area contributed by atoms with Crippen molar-refractivity contribution in [1.82, 2.24) is 4.90 Å². The second-order valence-corrected chi connectivity index (χ2v) is 8.36. The normalized spacial score (nSPS) is 14.9. The van der Waals surface area contributed by atoms with E-state index in [2.05, 4.69) is 41.4 Å². The van der Waals surface area contributed by atoms with Crippen LogP contribution in [-0.2, 0) is 12.8 Å². The minimum atomic E-state index is -0.0666. The quantitative estimate of drug-likeness (QED) is 0.458. The Morgan fingerprint density at radius 2 is 1.70 bits per heavy atom. The van der Waals surface area contributed by atoms with Gasteiger partial charge in [-0.1, -0.05) is 37.3 Å². The molecule has 1 heterocycles. The van der Waals surface area contributed by atoms with Crippen LogP contribution in [-0.4, -0.2) is 37.4 Å². The third kappa shape index (κ3) is 5.22. The molecule has 1 atom stereocenters. The van der Waals surface area contributed by atoms with Gasteiger partial charge in [0.2, 0.25) is 0 Å². The van der Waals surface area contributed by atoms with Crippen LogP contribution in [0.2, 0.25) is 0 Å². The smallest absolute Gasteiger partial charge is 0.174 e. The Kier molecular flexibility index (Phi) is 7.35. The number of methoxy groups -OCH3 is 2. The molecule has 0 fully saturated rings. The molecule has 0 spiro atoms. The van der Waals surface area contributed by atoms with Crippen LogP contribution in [0.25, 0.3) is 0 Å². The molecule has 1 aliphatic rings. The lowest BCUT2D eigenvalue weighted by Gasteiger charge is -2.39. The molecule has 5 nitrogen and oxygen atoms in total. The lowest BCUT2D eigenvalue weighted by Crippen LogP contribution is -2.44. The van der Waals surface area contributed by atoms with Crippen molar-refractivity contribution >= 4 is 23.0 Å². The summed E-state index contributed by atoms with van der Waals surface area (Å²) in [5, 5.41) is 4.06. The van der Waals surface area contributed by atoms with Gasteiger partial charge in [0, 0.05) is 12.2 Å². The third-order valence-corrected chi connectivity index (χ3v) is 6.36. The molecular weight excluding hydrogens is 432 g/mol. The lowest BCUT2D eigenvalue weighted by atomic mass is 9.92. The van der Waals surface area contributed by atoms with E-state index in [-0.39, 0.29) is 6.04 Å². The largest absolute Gasteiger partial charge is 0.493 e. The predicted molar refractivity (Wildman–Crippen MR) is 137 cm³/mol. The number of thiocarbonyl (C=S) groups is 1. The van der Waals surface area contributed by atoms with Gasteiger partial charge in [-0.25, -0.2) is 0 Å². The number of aryl methyl sites for hydroxylation is 1. The van der Waals surface area contributed by atoms with E-state index in [9.17, 15) is 0 Å². The summed E-state index contributed by atoms with van der Waals surface area (Å²) in [6.07, 6.45) is 1.86. The Morgan fingerprint density at radius 3 is 2.36 bits per heavy atom. The molecule has 0 unspecified atom stereocenters. The van der Waals surface area contributed by atoms with Crippen molar-refractivity contribution in [1.29, 1.82) is 0 Å². The van der Waals surface area contributed by atoms with Crippen LogP contribution in [0.5, 0.6) is 17.2 Å². The van der Waals surface area contributed by atoms with Crippen molar-refractivity contribution in [2.45, 2.75) is 25.8 Å². The number of nitrogens with zero attached hydrogens (tertiary/aromatic N) is 1. The van der Waals surface area contributed by atoms with Gasteiger partial charge in [0.15, 0.2) is 16.6 Å².